The number of aromatic nitrogens is 6. The third-order valence-corrected chi connectivity index (χ3v) is 15.3. The predicted molar refractivity (Wildman–Crippen MR) is 277 cm³/mol. The SMILES string of the molecule is CC(C)[C@@H](C(=O)N1C[C@H](O)C[C@H]1C(=O)N[C@@H](C)c1ccc(-c2ccnn2C)cc1)c1cc(N2CCC(CN3CCC(OC4CC(OC/C=C/c5cn6cc(-c7ccccc7O)nc6nc5N)C4)CC3)CC2)no1. The van der Waals surface area contributed by atoms with E-state index in [0.29, 0.717) is 41.1 Å². The maximum absolute atomic E-state index is 14.3. The van der Waals surface area contributed by atoms with Crippen LogP contribution in [0.3, 0.4) is 0 Å². The van der Waals surface area contributed by atoms with Gasteiger partial charge in [-0.05, 0) is 86.6 Å². The number of ether oxygens (including phenoxy) is 2. The summed E-state index contributed by atoms with van der Waals surface area (Å²) in [5.41, 5.74) is 11.2. The number of rotatable bonds is 17. The smallest absolute Gasteiger partial charge is 0.243 e. The molecule has 0 spiro atoms. The van der Waals surface area contributed by atoms with Crippen LogP contribution in [0, 0.1) is 11.8 Å². The Labute approximate surface area is 426 Å². The zero-order valence-corrected chi connectivity index (χ0v) is 42.3. The number of aryl methyl sites for hydroxylation is 1. The van der Waals surface area contributed by atoms with E-state index in [2.05, 4.69) is 35.3 Å². The molecule has 4 aromatic heterocycles. The summed E-state index contributed by atoms with van der Waals surface area (Å²) in [7, 11) is 1.90. The first-order valence-corrected chi connectivity index (χ1v) is 26.0. The van der Waals surface area contributed by atoms with Gasteiger partial charge in [-0.2, -0.15) is 10.1 Å². The lowest BCUT2D eigenvalue weighted by Crippen LogP contribution is -2.48. The van der Waals surface area contributed by atoms with E-state index in [4.69, 9.17) is 19.7 Å². The molecule has 0 bridgehead atoms. The molecular formula is C55H69N11O7. The number of β-amino-alcohol motifs (C(OH)–C–C–N with tert-alkyl or cyclic N) is 1. The molecule has 18 heteroatoms. The van der Waals surface area contributed by atoms with Crippen LogP contribution in [-0.4, -0.2) is 137 Å². The number of aromatic hydroxyl groups is 1. The van der Waals surface area contributed by atoms with Crippen LogP contribution in [0.1, 0.15) is 94.6 Å². The van der Waals surface area contributed by atoms with Crippen LogP contribution in [0.15, 0.2) is 89.9 Å². The lowest BCUT2D eigenvalue weighted by Gasteiger charge is -2.41. The van der Waals surface area contributed by atoms with Gasteiger partial charge >= 0.3 is 0 Å². The number of amides is 2. The van der Waals surface area contributed by atoms with Crippen molar-refractivity contribution in [3.63, 3.8) is 0 Å². The van der Waals surface area contributed by atoms with Gasteiger partial charge in [0.05, 0.1) is 48.5 Å². The van der Waals surface area contributed by atoms with E-state index in [1.807, 2.05) is 110 Å². The molecule has 5 N–H and O–H groups in total. The third-order valence-electron chi connectivity index (χ3n) is 15.3. The summed E-state index contributed by atoms with van der Waals surface area (Å²) in [6.45, 7) is 11.3. The molecule has 7 heterocycles. The van der Waals surface area contributed by atoms with Gasteiger partial charge in [0.25, 0.3) is 0 Å². The number of phenols is 1. The molecule has 1 saturated carbocycles. The highest BCUT2D eigenvalue weighted by molar-refractivity contribution is 5.91. The highest BCUT2D eigenvalue weighted by atomic mass is 16.5. The topological polar surface area (TPSA) is 215 Å². The maximum atomic E-state index is 14.3. The van der Waals surface area contributed by atoms with E-state index in [1.54, 1.807) is 18.3 Å². The molecule has 4 atom stereocenters. The molecule has 3 aliphatic heterocycles. The zero-order chi connectivity index (χ0) is 50.8. The number of benzene rings is 2. The minimum absolute atomic E-state index is 0.0819. The molecular weight excluding hydrogens is 927 g/mol. The van der Waals surface area contributed by atoms with Gasteiger partial charge in [0.1, 0.15) is 23.5 Å². The Morgan fingerprint density at radius 1 is 0.932 bits per heavy atom. The zero-order valence-electron chi connectivity index (χ0n) is 42.3. The van der Waals surface area contributed by atoms with Crippen LogP contribution in [0.25, 0.3) is 34.4 Å². The number of nitrogens with zero attached hydrogens (tertiary/aromatic N) is 9. The Morgan fingerprint density at radius 3 is 2.42 bits per heavy atom. The van der Waals surface area contributed by atoms with Crippen molar-refractivity contribution in [3.8, 4) is 28.3 Å². The molecule has 0 radical (unpaired) electrons. The summed E-state index contributed by atoms with van der Waals surface area (Å²) >= 11 is 0. The maximum Gasteiger partial charge on any atom is 0.243 e. The van der Waals surface area contributed by atoms with E-state index in [0.717, 1.165) is 99.5 Å². The number of nitrogen functional groups attached to an aromatic ring is 1. The fraction of sp³-hybridized carbons (Fsp3) is 0.491. The molecule has 2 aromatic carbocycles. The molecule has 4 aliphatic rings. The first-order valence-electron chi connectivity index (χ1n) is 26.0. The third kappa shape index (κ3) is 11.3. The number of imidazole rings is 1. The first kappa shape index (κ1) is 50.0. The second kappa shape index (κ2) is 21.9. The standard InChI is InChI=1S/C55H69N11O7/c1-34(2)51(54(70)66-32-40(67)26-47(66)53(69)58-35(3)37-11-13-38(14-12-37)46-15-20-57-62(46)4)49-29-50(61-73-49)64-23-16-36(17-24-64)30-63-21-18-41(19-22-63)72-43-27-42(28-43)71-25-7-8-39-31-65-33-45(59-55(65)60-52(39)56)44-9-5-6-10-48(44)68/h5-15,20,29,31,33-36,40-43,47,51,67-68H,16-19,21-28,30,32H2,1-4H3,(H,58,69)(H2,56,59,60)/b8-7+/t35-,40+,42?,43?,47-,51+/m0/s1. The van der Waals surface area contributed by atoms with E-state index in [1.165, 1.54) is 4.90 Å². The van der Waals surface area contributed by atoms with Gasteiger partial charge in [-0.25, -0.2) is 4.98 Å². The fourth-order valence-electron chi connectivity index (χ4n) is 11.0. The Bertz CT molecular complexity index is 2870. The summed E-state index contributed by atoms with van der Waals surface area (Å²) in [5, 5.41) is 32.8. The quantitative estimate of drug-likeness (QED) is 0.0757. The highest BCUT2D eigenvalue weighted by Gasteiger charge is 2.44. The number of carbonyl (C=O) groups is 2. The lowest BCUT2D eigenvalue weighted by molar-refractivity contribution is -0.141. The molecule has 6 aromatic rings. The van der Waals surface area contributed by atoms with Crippen LogP contribution in [0.5, 0.6) is 5.75 Å². The number of fused-ring (bicyclic) bond motifs is 1. The number of piperidine rings is 2. The number of anilines is 2. The van der Waals surface area contributed by atoms with E-state index >= 15 is 0 Å². The molecule has 10 rings (SSSR count). The lowest BCUT2D eigenvalue weighted by atomic mass is 9.91. The molecule has 18 nitrogen and oxygen atoms in total. The van der Waals surface area contributed by atoms with Gasteiger partial charge in [-0.15, -0.1) is 0 Å². The molecule has 4 fully saturated rings. The van der Waals surface area contributed by atoms with Crippen molar-refractivity contribution in [1.29, 1.82) is 0 Å². The number of carbonyl (C=O) groups excluding carboxylic acids is 2. The van der Waals surface area contributed by atoms with E-state index in [-0.39, 0.29) is 60.8 Å². The summed E-state index contributed by atoms with van der Waals surface area (Å²) in [6.07, 6.45) is 15.4. The van der Waals surface area contributed by atoms with Crippen molar-refractivity contribution in [2.75, 3.05) is 56.5 Å². The van der Waals surface area contributed by atoms with Gasteiger partial charge in [-0.3, -0.25) is 18.7 Å². The van der Waals surface area contributed by atoms with Gasteiger partial charge in [-0.1, -0.05) is 67.6 Å². The number of nitrogens with two attached hydrogens (primary N) is 1. The molecule has 386 valence electrons. The molecule has 3 saturated heterocycles. The number of likely N-dealkylation sites (tertiary alicyclic amines) is 2. The van der Waals surface area contributed by atoms with Crippen molar-refractivity contribution in [3.05, 3.63) is 102 Å². The van der Waals surface area contributed by atoms with Crippen LogP contribution in [0.4, 0.5) is 11.6 Å². The van der Waals surface area contributed by atoms with Gasteiger partial charge < -0.3 is 50.0 Å². The Morgan fingerprint density at radius 2 is 1.70 bits per heavy atom. The van der Waals surface area contributed by atoms with Crippen molar-refractivity contribution in [2.45, 2.75) is 108 Å². The average Bonchev–Trinajstić information content (AvgIpc) is 4.20. The monoisotopic (exact) mass is 996 g/mol. The summed E-state index contributed by atoms with van der Waals surface area (Å²) < 4.78 is 22.2. The number of hydrogen-bond donors (Lipinski definition) is 4. The fourth-order valence-corrected chi connectivity index (χ4v) is 11.0. The number of nitrogens with one attached hydrogen (secondary N) is 1. The Balaban J connectivity index is 0.631. The predicted octanol–water partition coefficient (Wildman–Crippen LogP) is 6.61. The van der Waals surface area contributed by atoms with Crippen molar-refractivity contribution < 1.29 is 33.8 Å². The van der Waals surface area contributed by atoms with Crippen LogP contribution in [-0.2, 0) is 26.1 Å². The summed E-state index contributed by atoms with van der Waals surface area (Å²) in [4.78, 5) is 43.5. The van der Waals surface area contributed by atoms with Crippen molar-refractivity contribution in [1.82, 2.24) is 44.4 Å². The van der Waals surface area contributed by atoms with Crippen molar-refractivity contribution in [2.24, 2.45) is 18.9 Å². The van der Waals surface area contributed by atoms with E-state index in [9.17, 15) is 19.8 Å². The minimum atomic E-state index is -0.804. The summed E-state index contributed by atoms with van der Waals surface area (Å²) in [5.74, 6) is 1.50. The van der Waals surface area contributed by atoms with E-state index < -0.39 is 18.1 Å². The Hall–Kier alpha value is -6.60. The number of para-hydroxylation sites is 1. The highest BCUT2D eigenvalue weighted by Crippen LogP contribution is 2.35. The Kier molecular flexibility index (Phi) is 15.0. The molecule has 1 aliphatic carbocycles. The number of hydrogen-bond acceptors (Lipinski definition) is 14. The van der Waals surface area contributed by atoms with Gasteiger partial charge in [0.2, 0.25) is 17.6 Å². The average molecular weight is 996 g/mol. The molecule has 0 unspecified atom stereocenters. The second-order valence-corrected chi connectivity index (χ2v) is 20.8. The first-order chi connectivity index (χ1) is 35.3. The normalized spacial score (nSPS) is 22.1. The van der Waals surface area contributed by atoms with Gasteiger partial charge in [0.15, 0.2) is 11.6 Å². The molecule has 73 heavy (non-hydrogen) atoms. The number of phenolic OH excluding ortho intramolecular Hbond substituents is 1. The number of aliphatic hydroxyl groups is 1. The van der Waals surface area contributed by atoms with Crippen LogP contribution >= 0.6 is 0 Å². The molecule has 2 amide bonds. The summed E-state index contributed by atoms with van der Waals surface area (Å²) in [6, 6.07) is 17.8. The minimum Gasteiger partial charge on any atom is -0.507 e. The largest absolute Gasteiger partial charge is 0.507 e. The van der Waals surface area contributed by atoms with Crippen molar-refractivity contribution >= 4 is 35.3 Å². The van der Waals surface area contributed by atoms with Crippen LogP contribution in [0.2, 0.25) is 0 Å². The number of aliphatic hydroxyl groups excluding tert-OH is 1. The van der Waals surface area contributed by atoms with Gasteiger partial charge in [0, 0.05) is 88.5 Å². The van der Waals surface area contributed by atoms with Crippen LogP contribution < -0.4 is 16.0 Å². The second-order valence-electron chi connectivity index (χ2n) is 20.8.